The molecule has 2 rings (SSSR count). The molecule has 84 valence electrons. The van der Waals surface area contributed by atoms with Gasteiger partial charge in [-0.3, -0.25) is 0 Å². The van der Waals surface area contributed by atoms with E-state index in [2.05, 4.69) is 32.2 Å². The van der Waals surface area contributed by atoms with Crippen LogP contribution in [-0.4, -0.2) is 17.3 Å². The van der Waals surface area contributed by atoms with Gasteiger partial charge in [-0.05, 0) is 24.6 Å². The average molecular weight is 299 g/mol. The van der Waals surface area contributed by atoms with Gasteiger partial charge in [-0.15, -0.1) is 10.2 Å². The van der Waals surface area contributed by atoms with Gasteiger partial charge in [0.15, 0.2) is 0 Å². The van der Waals surface area contributed by atoms with Gasteiger partial charge in [-0.2, -0.15) is 0 Å². The SMILES string of the molecule is COCc1cc(-c2nnc(C)s2)ccc1Br. The Labute approximate surface area is 107 Å². The molecule has 0 amide bonds. The normalized spacial score (nSPS) is 10.7. The number of halogens is 1. The number of benzene rings is 1. The van der Waals surface area contributed by atoms with Gasteiger partial charge in [0, 0.05) is 17.1 Å². The predicted octanol–water partition coefficient (Wildman–Crippen LogP) is 3.42. The highest BCUT2D eigenvalue weighted by atomic mass is 79.9. The highest BCUT2D eigenvalue weighted by Crippen LogP contribution is 2.27. The number of aryl methyl sites for hydroxylation is 1. The summed E-state index contributed by atoms with van der Waals surface area (Å²) in [5.41, 5.74) is 2.20. The maximum absolute atomic E-state index is 5.14. The second-order valence-electron chi connectivity index (χ2n) is 3.37. The van der Waals surface area contributed by atoms with Gasteiger partial charge in [0.25, 0.3) is 0 Å². The van der Waals surface area contributed by atoms with Crippen LogP contribution in [0.5, 0.6) is 0 Å². The minimum atomic E-state index is 0.589. The van der Waals surface area contributed by atoms with Crippen molar-refractivity contribution in [1.29, 1.82) is 0 Å². The molecule has 2 aromatic rings. The third kappa shape index (κ3) is 2.48. The fraction of sp³-hybridized carbons (Fsp3) is 0.273. The molecule has 0 unspecified atom stereocenters. The van der Waals surface area contributed by atoms with Gasteiger partial charge in [-0.1, -0.05) is 33.3 Å². The molecule has 1 heterocycles. The summed E-state index contributed by atoms with van der Waals surface area (Å²) in [6.45, 7) is 2.54. The van der Waals surface area contributed by atoms with E-state index in [1.165, 1.54) is 0 Å². The molecule has 0 N–H and O–H groups in total. The molecule has 3 nitrogen and oxygen atoms in total. The van der Waals surface area contributed by atoms with Crippen LogP contribution in [0.25, 0.3) is 10.6 Å². The Bertz CT molecular complexity index is 498. The number of methoxy groups -OCH3 is 1. The summed E-state index contributed by atoms with van der Waals surface area (Å²) in [5.74, 6) is 0. The summed E-state index contributed by atoms with van der Waals surface area (Å²) in [6.07, 6.45) is 0. The summed E-state index contributed by atoms with van der Waals surface area (Å²) in [7, 11) is 1.69. The first kappa shape index (κ1) is 11.7. The van der Waals surface area contributed by atoms with Crippen molar-refractivity contribution in [3.05, 3.63) is 33.2 Å². The van der Waals surface area contributed by atoms with E-state index in [4.69, 9.17) is 4.74 Å². The van der Waals surface area contributed by atoms with Crippen LogP contribution in [0.4, 0.5) is 0 Å². The van der Waals surface area contributed by atoms with E-state index in [0.29, 0.717) is 6.61 Å². The summed E-state index contributed by atoms with van der Waals surface area (Å²) in [5, 5.41) is 10.1. The average Bonchev–Trinajstić information content (AvgIpc) is 2.69. The first-order valence-corrected chi connectivity index (χ1v) is 6.39. The van der Waals surface area contributed by atoms with Crippen LogP contribution in [-0.2, 0) is 11.3 Å². The fourth-order valence-corrected chi connectivity index (χ4v) is 2.44. The van der Waals surface area contributed by atoms with Crippen LogP contribution in [0, 0.1) is 6.92 Å². The van der Waals surface area contributed by atoms with Crippen molar-refractivity contribution in [2.24, 2.45) is 0 Å². The van der Waals surface area contributed by atoms with Crippen LogP contribution >= 0.6 is 27.3 Å². The van der Waals surface area contributed by atoms with Crippen LogP contribution in [0.1, 0.15) is 10.6 Å². The third-order valence-electron chi connectivity index (χ3n) is 2.12. The number of hydrogen-bond acceptors (Lipinski definition) is 4. The number of aromatic nitrogens is 2. The second-order valence-corrected chi connectivity index (χ2v) is 5.40. The standard InChI is InChI=1S/C11H11BrN2OS/c1-7-13-14-11(16-7)8-3-4-10(12)9(5-8)6-15-2/h3-5H,6H2,1-2H3. The van der Waals surface area contributed by atoms with Gasteiger partial charge in [0.05, 0.1) is 6.61 Å². The topological polar surface area (TPSA) is 35.0 Å². The van der Waals surface area contributed by atoms with Crippen LogP contribution in [0.15, 0.2) is 22.7 Å². The second kappa shape index (κ2) is 5.03. The molecular weight excluding hydrogens is 288 g/mol. The van der Waals surface area contributed by atoms with Crippen molar-refractivity contribution in [2.75, 3.05) is 7.11 Å². The molecule has 1 aromatic carbocycles. The van der Waals surface area contributed by atoms with Gasteiger partial charge in [0.1, 0.15) is 10.0 Å². The molecule has 0 aliphatic rings. The minimum Gasteiger partial charge on any atom is -0.380 e. The molecule has 0 bridgehead atoms. The smallest absolute Gasteiger partial charge is 0.147 e. The molecule has 0 saturated heterocycles. The predicted molar refractivity (Wildman–Crippen MR) is 68.5 cm³/mol. The zero-order valence-electron chi connectivity index (χ0n) is 9.03. The summed E-state index contributed by atoms with van der Waals surface area (Å²) in [6, 6.07) is 6.12. The quantitative estimate of drug-likeness (QED) is 0.871. The van der Waals surface area contributed by atoms with Crippen LogP contribution < -0.4 is 0 Å². The Balaban J connectivity index is 2.39. The van der Waals surface area contributed by atoms with E-state index in [1.54, 1.807) is 18.4 Å². The lowest BCUT2D eigenvalue weighted by atomic mass is 10.1. The van der Waals surface area contributed by atoms with E-state index >= 15 is 0 Å². The lowest BCUT2D eigenvalue weighted by molar-refractivity contribution is 0.184. The Morgan fingerprint density at radius 1 is 1.38 bits per heavy atom. The monoisotopic (exact) mass is 298 g/mol. The number of nitrogens with zero attached hydrogens (tertiary/aromatic N) is 2. The lowest BCUT2D eigenvalue weighted by Crippen LogP contribution is -1.90. The molecule has 16 heavy (non-hydrogen) atoms. The van der Waals surface area contributed by atoms with E-state index in [0.717, 1.165) is 25.6 Å². The molecule has 0 aliphatic carbocycles. The molecule has 0 fully saturated rings. The first-order chi connectivity index (χ1) is 7.70. The Hall–Kier alpha value is -0.780. The molecular formula is C11H11BrN2OS. The number of ether oxygens (including phenoxy) is 1. The van der Waals surface area contributed by atoms with E-state index in [-0.39, 0.29) is 0 Å². The van der Waals surface area contributed by atoms with Gasteiger partial charge < -0.3 is 4.74 Å². The minimum absolute atomic E-state index is 0.589. The summed E-state index contributed by atoms with van der Waals surface area (Å²) >= 11 is 5.09. The maximum atomic E-state index is 5.14. The first-order valence-electron chi connectivity index (χ1n) is 4.78. The number of hydrogen-bond donors (Lipinski definition) is 0. The molecule has 0 atom stereocenters. The zero-order chi connectivity index (χ0) is 11.5. The highest BCUT2D eigenvalue weighted by Gasteiger charge is 2.07. The molecule has 0 radical (unpaired) electrons. The van der Waals surface area contributed by atoms with Crippen molar-refractivity contribution >= 4 is 27.3 Å². The zero-order valence-corrected chi connectivity index (χ0v) is 11.4. The van der Waals surface area contributed by atoms with E-state index < -0.39 is 0 Å². The molecule has 0 saturated carbocycles. The Morgan fingerprint density at radius 3 is 2.81 bits per heavy atom. The lowest BCUT2D eigenvalue weighted by Gasteiger charge is -2.04. The maximum Gasteiger partial charge on any atom is 0.147 e. The molecule has 1 aromatic heterocycles. The largest absolute Gasteiger partial charge is 0.380 e. The van der Waals surface area contributed by atoms with Crippen LogP contribution in [0.2, 0.25) is 0 Å². The summed E-state index contributed by atoms with van der Waals surface area (Å²) < 4.78 is 6.20. The third-order valence-corrected chi connectivity index (χ3v) is 3.78. The van der Waals surface area contributed by atoms with Gasteiger partial charge >= 0.3 is 0 Å². The fourth-order valence-electron chi connectivity index (χ4n) is 1.39. The summed E-state index contributed by atoms with van der Waals surface area (Å²) in [4.78, 5) is 0. The van der Waals surface area contributed by atoms with E-state index in [1.807, 2.05) is 19.1 Å². The van der Waals surface area contributed by atoms with Crippen molar-refractivity contribution < 1.29 is 4.74 Å². The Kier molecular flexibility index (Phi) is 3.68. The molecule has 0 aliphatic heterocycles. The van der Waals surface area contributed by atoms with Crippen molar-refractivity contribution in [1.82, 2.24) is 10.2 Å². The van der Waals surface area contributed by atoms with Crippen molar-refractivity contribution in [2.45, 2.75) is 13.5 Å². The molecule has 5 heteroatoms. The van der Waals surface area contributed by atoms with Crippen molar-refractivity contribution in [3.8, 4) is 10.6 Å². The number of rotatable bonds is 3. The highest BCUT2D eigenvalue weighted by molar-refractivity contribution is 9.10. The van der Waals surface area contributed by atoms with Gasteiger partial charge in [-0.25, -0.2) is 0 Å². The van der Waals surface area contributed by atoms with Gasteiger partial charge in [0.2, 0.25) is 0 Å². The Morgan fingerprint density at radius 2 is 2.19 bits per heavy atom. The molecule has 0 spiro atoms. The van der Waals surface area contributed by atoms with Crippen LogP contribution in [0.3, 0.4) is 0 Å². The van der Waals surface area contributed by atoms with E-state index in [9.17, 15) is 0 Å². The van der Waals surface area contributed by atoms with Crippen molar-refractivity contribution in [3.63, 3.8) is 0 Å².